The number of carbonyl (C=O) groups excluding carboxylic acids is 4. The Hall–Kier alpha value is -3.19. The highest BCUT2D eigenvalue weighted by Crippen LogP contribution is 2.27. The van der Waals surface area contributed by atoms with E-state index in [0.717, 1.165) is 0 Å². The zero-order valence-corrected chi connectivity index (χ0v) is 16.7. The number of hydrogen-bond donors (Lipinski definition) is 1. The molecular formula is C21H19ClN2O5. The van der Waals surface area contributed by atoms with Gasteiger partial charge in [0.05, 0.1) is 16.7 Å². The van der Waals surface area contributed by atoms with Crippen molar-refractivity contribution < 1.29 is 23.9 Å². The van der Waals surface area contributed by atoms with Gasteiger partial charge in [0.15, 0.2) is 6.61 Å². The number of imide groups is 1. The summed E-state index contributed by atoms with van der Waals surface area (Å²) < 4.78 is 5.02. The summed E-state index contributed by atoms with van der Waals surface area (Å²) in [6.07, 6.45) is 0.627. The molecule has 1 aliphatic heterocycles. The molecule has 0 saturated carbocycles. The zero-order chi connectivity index (χ0) is 21.1. The van der Waals surface area contributed by atoms with E-state index in [9.17, 15) is 19.2 Å². The molecular weight excluding hydrogens is 396 g/mol. The van der Waals surface area contributed by atoms with Gasteiger partial charge in [-0.3, -0.25) is 19.3 Å². The molecule has 0 spiro atoms. The number of carbonyl (C=O) groups is 4. The van der Waals surface area contributed by atoms with Crippen LogP contribution in [0.25, 0.3) is 0 Å². The Morgan fingerprint density at radius 2 is 1.83 bits per heavy atom. The number of amides is 3. The maximum absolute atomic E-state index is 12.6. The SMILES string of the molecule is CC[C@@H](C)N1C(=O)c2ccc(C(=O)OCC(=O)Nc3cccc(Cl)c3)cc2C1=O. The van der Waals surface area contributed by atoms with Gasteiger partial charge in [0, 0.05) is 16.8 Å². The van der Waals surface area contributed by atoms with Crippen molar-refractivity contribution in [2.75, 3.05) is 11.9 Å². The topological polar surface area (TPSA) is 92.8 Å². The minimum Gasteiger partial charge on any atom is -0.452 e. The summed E-state index contributed by atoms with van der Waals surface area (Å²) in [6.45, 7) is 3.16. The Morgan fingerprint density at radius 3 is 2.52 bits per heavy atom. The van der Waals surface area contributed by atoms with Gasteiger partial charge in [-0.05, 0) is 49.7 Å². The van der Waals surface area contributed by atoms with Gasteiger partial charge in [0.1, 0.15) is 0 Å². The molecule has 0 fully saturated rings. The van der Waals surface area contributed by atoms with Gasteiger partial charge < -0.3 is 10.1 Å². The van der Waals surface area contributed by atoms with Crippen molar-refractivity contribution in [3.05, 3.63) is 64.2 Å². The van der Waals surface area contributed by atoms with Gasteiger partial charge in [-0.1, -0.05) is 24.6 Å². The molecule has 0 unspecified atom stereocenters. The molecule has 0 radical (unpaired) electrons. The minimum atomic E-state index is -0.767. The van der Waals surface area contributed by atoms with E-state index < -0.39 is 24.4 Å². The lowest BCUT2D eigenvalue weighted by Crippen LogP contribution is -2.37. The number of nitrogens with zero attached hydrogens (tertiary/aromatic N) is 1. The lowest BCUT2D eigenvalue weighted by atomic mass is 10.1. The Kier molecular flexibility index (Phi) is 5.98. The van der Waals surface area contributed by atoms with Crippen LogP contribution >= 0.6 is 11.6 Å². The third kappa shape index (κ3) is 4.30. The maximum Gasteiger partial charge on any atom is 0.338 e. The van der Waals surface area contributed by atoms with Crippen LogP contribution in [0.5, 0.6) is 0 Å². The fraction of sp³-hybridized carbons (Fsp3) is 0.238. The molecule has 1 aliphatic rings. The van der Waals surface area contributed by atoms with Gasteiger partial charge in [-0.15, -0.1) is 0 Å². The van der Waals surface area contributed by atoms with E-state index in [0.29, 0.717) is 17.1 Å². The first kappa shape index (κ1) is 20.5. The van der Waals surface area contributed by atoms with Crippen LogP contribution in [0.15, 0.2) is 42.5 Å². The van der Waals surface area contributed by atoms with Crippen LogP contribution in [0.2, 0.25) is 5.02 Å². The first-order chi connectivity index (χ1) is 13.8. The Bertz CT molecular complexity index is 1000. The molecule has 0 bridgehead atoms. The largest absolute Gasteiger partial charge is 0.452 e. The third-order valence-electron chi connectivity index (χ3n) is 4.63. The predicted molar refractivity (Wildman–Crippen MR) is 107 cm³/mol. The Labute approximate surface area is 172 Å². The fourth-order valence-electron chi connectivity index (χ4n) is 2.95. The van der Waals surface area contributed by atoms with E-state index in [1.807, 2.05) is 6.92 Å². The summed E-state index contributed by atoms with van der Waals surface area (Å²) in [6, 6.07) is 10.5. The summed E-state index contributed by atoms with van der Waals surface area (Å²) in [5.41, 5.74) is 0.982. The van der Waals surface area contributed by atoms with Crippen molar-refractivity contribution in [2.24, 2.45) is 0 Å². The van der Waals surface area contributed by atoms with E-state index in [1.165, 1.54) is 23.1 Å². The highest BCUT2D eigenvalue weighted by Gasteiger charge is 2.38. The fourth-order valence-corrected chi connectivity index (χ4v) is 3.14. The number of esters is 1. The van der Waals surface area contributed by atoms with Gasteiger partial charge in [0.2, 0.25) is 0 Å². The molecule has 3 rings (SSSR count). The molecule has 0 aliphatic carbocycles. The van der Waals surface area contributed by atoms with Crippen molar-refractivity contribution in [2.45, 2.75) is 26.3 Å². The second-order valence-corrected chi connectivity index (χ2v) is 7.07. The molecule has 7 nitrogen and oxygen atoms in total. The monoisotopic (exact) mass is 414 g/mol. The van der Waals surface area contributed by atoms with Crippen molar-refractivity contribution >= 4 is 41.0 Å². The number of rotatable bonds is 6. The lowest BCUT2D eigenvalue weighted by Gasteiger charge is -2.20. The normalized spacial score (nSPS) is 13.8. The summed E-state index contributed by atoms with van der Waals surface area (Å²) in [7, 11) is 0. The molecule has 29 heavy (non-hydrogen) atoms. The van der Waals surface area contributed by atoms with E-state index in [1.54, 1.807) is 31.2 Å². The molecule has 0 aromatic heterocycles. The molecule has 2 aromatic carbocycles. The van der Waals surface area contributed by atoms with Crippen molar-refractivity contribution in [1.82, 2.24) is 4.90 Å². The number of benzene rings is 2. The van der Waals surface area contributed by atoms with E-state index >= 15 is 0 Å². The van der Waals surface area contributed by atoms with E-state index in [4.69, 9.17) is 16.3 Å². The van der Waals surface area contributed by atoms with Crippen LogP contribution in [0.3, 0.4) is 0 Å². The first-order valence-corrected chi connectivity index (χ1v) is 9.44. The van der Waals surface area contributed by atoms with Gasteiger partial charge in [-0.2, -0.15) is 0 Å². The second-order valence-electron chi connectivity index (χ2n) is 6.63. The molecule has 1 atom stereocenters. The van der Waals surface area contributed by atoms with Crippen molar-refractivity contribution in [3.8, 4) is 0 Å². The quantitative estimate of drug-likeness (QED) is 0.576. The average molecular weight is 415 g/mol. The van der Waals surface area contributed by atoms with E-state index in [-0.39, 0.29) is 28.6 Å². The summed E-state index contributed by atoms with van der Waals surface area (Å²) in [4.78, 5) is 50.4. The number of anilines is 1. The Morgan fingerprint density at radius 1 is 1.10 bits per heavy atom. The van der Waals surface area contributed by atoms with Crippen molar-refractivity contribution in [1.29, 1.82) is 0 Å². The molecule has 1 heterocycles. The molecule has 2 aromatic rings. The smallest absolute Gasteiger partial charge is 0.338 e. The number of fused-ring (bicyclic) bond motifs is 1. The Balaban J connectivity index is 1.66. The van der Waals surface area contributed by atoms with Gasteiger partial charge >= 0.3 is 5.97 Å². The maximum atomic E-state index is 12.6. The number of ether oxygens (including phenoxy) is 1. The average Bonchev–Trinajstić information content (AvgIpc) is 2.95. The number of halogens is 1. The molecule has 1 N–H and O–H groups in total. The molecule has 3 amide bonds. The van der Waals surface area contributed by atoms with Gasteiger partial charge in [-0.25, -0.2) is 4.79 Å². The van der Waals surface area contributed by atoms with Crippen molar-refractivity contribution in [3.63, 3.8) is 0 Å². The van der Waals surface area contributed by atoms with E-state index in [2.05, 4.69) is 5.32 Å². The van der Waals surface area contributed by atoms with Crippen LogP contribution in [-0.4, -0.2) is 41.2 Å². The summed E-state index contributed by atoms with van der Waals surface area (Å²) in [5, 5.41) is 3.02. The standard InChI is InChI=1S/C21H19ClN2O5/c1-3-12(2)24-19(26)16-8-7-13(9-17(16)20(24)27)21(28)29-11-18(25)23-15-6-4-5-14(22)10-15/h4-10,12H,3,11H2,1-2H3,(H,23,25)/t12-/m1/s1. The number of nitrogens with one attached hydrogen (secondary N) is 1. The van der Waals surface area contributed by atoms with Crippen LogP contribution in [0, 0.1) is 0 Å². The molecule has 0 saturated heterocycles. The van der Waals surface area contributed by atoms with Crippen LogP contribution in [0.1, 0.15) is 51.3 Å². The minimum absolute atomic E-state index is 0.0893. The summed E-state index contributed by atoms with van der Waals surface area (Å²) >= 11 is 5.85. The molecule has 150 valence electrons. The van der Waals surface area contributed by atoms with Gasteiger partial charge in [0.25, 0.3) is 17.7 Å². The summed E-state index contributed by atoms with van der Waals surface area (Å²) in [5.74, 6) is -2.11. The first-order valence-electron chi connectivity index (χ1n) is 9.06. The number of hydrogen-bond acceptors (Lipinski definition) is 5. The van der Waals surface area contributed by atoms with Crippen LogP contribution in [-0.2, 0) is 9.53 Å². The second kappa shape index (κ2) is 8.45. The van der Waals surface area contributed by atoms with Crippen LogP contribution < -0.4 is 5.32 Å². The predicted octanol–water partition coefficient (Wildman–Crippen LogP) is 3.53. The van der Waals surface area contributed by atoms with Crippen LogP contribution in [0.4, 0.5) is 5.69 Å². The highest BCUT2D eigenvalue weighted by molar-refractivity contribution is 6.30. The third-order valence-corrected chi connectivity index (χ3v) is 4.86. The lowest BCUT2D eigenvalue weighted by molar-refractivity contribution is -0.119. The zero-order valence-electron chi connectivity index (χ0n) is 15.9. The highest BCUT2D eigenvalue weighted by atomic mass is 35.5. The molecule has 8 heteroatoms.